The predicted octanol–water partition coefficient (Wildman–Crippen LogP) is 4.18. The molecule has 2 N–H and O–H groups in total. The highest BCUT2D eigenvalue weighted by molar-refractivity contribution is 8.00. The van der Waals surface area contributed by atoms with Crippen molar-refractivity contribution in [3.63, 3.8) is 0 Å². The Morgan fingerprint density at radius 3 is 2.28 bits per heavy atom. The number of para-hydroxylation sites is 1. The molecule has 1 aliphatic carbocycles. The molecule has 3 amide bonds. The molecular formula is C31H48N4O6S2. The molecule has 2 heterocycles. The van der Waals surface area contributed by atoms with E-state index in [2.05, 4.69) is 10.6 Å². The molecule has 0 bridgehead atoms. The Kier molecular flexibility index (Phi) is 10.0. The van der Waals surface area contributed by atoms with Crippen molar-refractivity contribution >= 4 is 45.4 Å². The number of anilines is 1. The van der Waals surface area contributed by atoms with Crippen LogP contribution < -0.4 is 14.9 Å². The summed E-state index contributed by atoms with van der Waals surface area (Å²) in [5, 5.41) is 6.05. The molecule has 4 rings (SSSR count). The number of carbonyl (C=O) groups is 3. The minimum absolute atomic E-state index is 0.147. The number of nitrogens with zero attached hydrogens (tertiary/aromatic N) is 2. The Morgan fingerprint density at radius 1 is 1.05 bits per heavy atom. The lowest BCUT2D eigenvalue weighted by molar-refractivity contribution is -0.138. The van der Waals surface area contributed by atoms with Gasteiger partial charge in [-0.15, -0.1) is 0 Å². The summed E-state index contributed by atoms with van der Waals surface area (Å²) in [5.74, 6) is -0.154. The van der Waals surface area contributed by atoms with Gasteiger partial charge in [-0.3, -0.25) is 13.9 Å². The summed E-state index contributed by atoms with van der Waals surface area (Å²) < 4.78 is 32.0. The van der Waals surface area contributed by atoms with E-state index in [1.807, 2.05) is 24.3 Å². The first-order chi connectivity index (χ1) is 20.0. The fourth-order valence-electron chi connectivity index (χ4n) is 6.28. The molecule has 240 valence electrons. The highest BCUT2D eigenvalue weighted by Gasteiger charge is 2.48. The van der Waals surface area contributed by atoms with E-state index >= 15 is 0 Å². The molecule has 1 spiro atoms. The SMILES string of the molecule is CC(C)(C)OC(=O)NC(C)(C)C(=O)NC(CSC1CCCCC1)C(=O)N1CCC2(CC1)CN(S(C)(=O)=O)c1ccccc12. The van der Waals surface area contributed by atoms with Crippen molar-refractivity contribution in [1.82, 2.24) is 15.5 Å². The topological polar surface area (TPSA) is 125 Å². The minimum atomic E-state index is -3.44. The van der Waals surface area contributed by atoms with E-state index in [0.29, 0.717) is 43.5 Å². The fraction of sp³-hybridized carbons (Fsp3) is 0.710. The van der Waals surface area contributed by atoms with Gasteiger partial charge in [0.25, 0.3) is 0 Å². The van der Waals surface area contributed by atoms with Gasteiger partial charge in [0, 0.05) is 36.1 Å². The molecule has 1 saturated carbocycles. The van der Waals surface area contributed by atoms with Crippen LogP contribution in [0.15, 0.2) is 24.3 Å². The number of hydrogen-bond donors (Lipinski definition) is 2. The third-order valence-electron chi connectivity index (χ3n) is 8.66. The second-order valence-electron chi connectivity index (χ2n) is 13.8. The Balaban J connectivity index is 1.46. The quantitative estimate of drug-likeness (QED) is 0.439. The molecule has 12 heteroatoms. The average molecular weight is 637 g/mol. The number of amides is 3. The van der Waals surface area contributed by atoms with Gasteiger partial charge >= 0.3 is 6.09 Å². The lowest BCUT2D eigenvalue weighted by Gasteiger charge is -2.41. The van der Waals surface area contributed by atoms with Crippen LogP contribution >= 0.6 is 11.8 Å². The second-order valence-corrected chi connectivity index (χ2v) is 17.0. The maximum Gasteiger partial charge on any atom is 0.408 e. The fourth-order valence-corrected chi connectivity index (χ4v) is 8.63. The molecule has 0 aromatic heterocycles. The van der Waals surface area contributed by atoms with Gasteiger partial charge in [-0.25, -0.2) is 13.2 Å². The molecule has 1 unspecified atom stereocenters. The van der Waals surface area contributed by atoms with Gasteiger partial charge in [0.15, 0.2) is 0 Å². The number of nitrogens with one attached hydrogen (secondary N) is 2. The minimum Gasteiger partial charge on any atom is -0.444 e. The normalized spacial score (nSPS) is 20.0. The summed E-state index contributed by atoms with van der Waals surface area (Å²) in [4.78, 5) is 41.7. The number of carbonyl (C=O) groups excluding carboxylic acids is 3. The first-order valence-electron chi connectivity index (χ1n) is 15.3. The average Bonchev–Trinajstić information content (AvgIpc) is 3.24. The number of ether oxygens (including phenoxy) is 1. The van der Waals surface area contributed by atoms with Crippen LogP contribution in [0.1, 0.15) is 85.1 Å². The van der Waals surface area contributed by atoms with Crippen LogP contribution in [0.2, 0.25) is 0 Å². The van der Waals surface area contributed by atoms with Crippen LogP contribution in [0.4, 0.5) is 10.5 Å². The molecule has 1 saturated heterocycles. The van der Waals surface area contributed by atoms with Crippen LogP contribution in [-0.2, 0) is 29.8 Å². The van der Waals surface area contributed by atoms with E-state index in [4.69, 9.17) is 4.74 Å². The number of benzene rings is 1. The predicted molar refractivity (Wildman–Crippen MR) is 171 cm³/mol. The number of fused-ring (bicyclic) bond motifs is 2. The summed E-state index contributed by atoms with van der Waals surface area (Å²) in [7, 11) is -3.44. The second kappa shape index (κ2) is 12.9. The number of rotatable bonds is 8. The van der Waals surface area contributed by atoms with Gasteiger partial charge in [-0.1, -0.05) is 37.5 Å². The van der Waals surface area contributed by atoms with Crippen molar-refractivity contribution in [2.24, 2.45) is 0 Å². The third-order valence-corrected chi connectivity index (χ3v) is 11.3. The zero-order valence-electron chi connectivity index (χ0n) is 26.4. The lowest BCUT2D eigenvalue weighted by atomic mass is 9.74. The Hall–Kier alpha value is -2.47. The van der Waals surface area contributed by atoms with Crippen molar-refractivity contribution in [2.75, 3.05) is 35.9 Å². The van der Waals surface area contributed by atoms with Gasteiger partial charge in [-0.2, -0.15) is 11.8 Å². The van der Waals surface area contributed by atoms with Crippen molar-refractivity contribution in [1.29, 1.82) is 0 Å². The molecule has 1 aromatic carbocycles. The smallest absolute Gasteiger partial charge is 0.408 e. The maximum atomic E-state index is 14.0. The summed E-state index contributed by atoms with van der Waals surface area (Å²) in [6.45, 7) is 9.74. The number of thioether (sulfide) groups is 1. The van der Waals surface area contributed by atoms with Crippen molar-refractivity contribution in [3.8, 4) is 0 Å². The van der Waals surface area contributed by atoms with Crippen LogP contribution in [0, 0.1) is 0 Å². The standard InChI is InChI=1S/C31H48N4O6S2/c1-29(2,3)41-28(38)33-30(4,5)27(37)32-24(20-42-22-12-8-7-9-13-22)26(36)34-18-16-31(17-19-34)21-35(43(6,39)40)25-15-11-10-14-23(25)31/h10-11,14-15,22,24H,7-9,12-13,16-21H2,1-6H3,(H,32,37)(H,33,38). The van der Waals surface area contributed by atoms with Crippen LogP contribution in [0.5, 0.6) is 0 Å². The largest absolute Gasteiger partial charge is 0.444 e. The molecule has 2 aliphatic heterocycles. The zero-order chi connectivity index (χ0) is 31.6. The van der Waals surface area contributed by atoms with Crippen molar-refractivity contribution in [3.05, 3.63) is 29.8 Å². The summed E-state index contributed by atoms with van der Waals surface area (Å²) in [6, 6.07) is 6.89. The number of piperidine rings is 1. The van der Waals surface area contributed by atoms with Gasteiger partial charge in [-0.05, 0) is 71.9 Å². The number of sulfonamides is 1. The zero-order valence-corrected chi connectivity index (χ0v) is 28.0. The number of hydrogen-bond acceptors (Lipinski definition) is 7. The van der Waals surface area contributed by atoms with Crippen molar-refractivity contribution < 1.29 is 27.5 Å². The molecule has 43 heavy (non-hydrogen) atoms. The Labute approximate surface area is 261 Å². The van der Waals surface area contributed by atoms with Gasteiger partial charge < -0.3 is 20.3 Å². The van der Waals surface area contributed by atoms with E-state index in [1.165, 1.54) is 29.8 Å². The molecule has 1 aromatic rings. The van der Waals surface area contributed by atoms with Crippen LogP contribution in [0.3, 0.4) is 0 Å². The Bertz CT molecular complexity index is 1300. The third kappa shape index (κ3) is 8.17. The first kappa shape index (κ1) is 33.4. The summed E-state index contributed by atoms with van der Waals surface area (Å²) in [5.41, 5.74) is -0.634. The first-order valence-corrected chi connectivity index (χ1v) is 18.2. The highest BCUT2D eigenvalue weighted by atomic mass is 32.2. The van der Waals surface area contributed by atoms with E-state index in [-0.39, 0.29) is 11.3 Å². The molecular weight excluding hydrogens is 588 g/mol. The molecule has 2 fully saturated rings. The van der Waals surface area contributed by atoms with Crippen LogP contribution in [-0.4, -0.2) is 85.3 Å². The van der Waals surface area contributed by atoms with E-state index < -0.39 is 39.2 Å². The van der Waals surface area contributed by atoms with Crippen molar-refractivity contribution in [2.45, 2.75) is 107 Å². The van der Waals surface area contributed by atoms with E-state index in [1.54, 1.807) is 51.3 Å². The number of alkyl carbamates (subject to hydrolysis) is 1. The lowest BCUT2D eigenvalue weighted by Crippen LogP contribution is -2.61. The molecule has 3 aliphatic rings. The van der Waals surface area contributed by atoms with Gasteiger partial charge in [0.1, 0.15) is 17.2 Å². The number of likely N-dealkylation sites (tertiary alicyclic amines) is 1. The van der Waals surface area contributed by atoms with Gasteiger partial charge in [0.05, 0.1) is 11.9 Å². The van der Waals surface area contributed by atoms with E-state index in [9.17, 15) is 22.8 Å². The molecule has 1 atom stereocenters. The summed E-state index contributed by atoms with van der Waals surface area (Å²) >= 11 is 1.74. The monoisotopic (exact) mass is 636 g/mol. The molecule has 10 nitrogen and oxygen atoms in total. The summed E-state index contributed by atoms with van der Waals surface area (Å²) in [6.07, 6.45) is 7.59. The molecule has 0 radical (unpaired) electrons. The Morgan fingerprint density at radius 2 is 1.67 bits per heavy atom. The van der Waals surface area contributed by atoms with Gasteiger partial charge in [0.2, 0.25) is 21.8 Å². The maximum absolute atomic E-state index is 14.0. The van der Waals surface area contributed by atoms with Crippen LogP contribution in [0.25, 0.3) is 0 Å². The van der Waals surface area contributed by atoms with E-state index in [0.717, 1.165) is 24.1 Å². The highest BCUT2D eigenvalue weighted by Crippen LogP contribution is 2.47.